The largest absolute Gasteiger partial charge is 0.361 e. The molecule has 0 radical (unpaired) electrons. The first-order valence-electron chi connectivity index (χ1n) is 7.40. The molecule has 1 aliphatic heterocycles. The van der Waals surface area contributed by atoms with Gasteiger partial charge in [0.1, 0.15) is 11.5 Å². The smallest absolute Gasteiger partial charge is 0.227 e. The quantitative estimate of drug-likeness (QED) is 0.790. The Labute approximate surface area is 131 Å². The molecule has 3 aromatic rings. The fourth-order valence-corrected chi connectivity index (χ4v) is 2.98. The molecular formula is C14H16FN7O. The average Bonchev–Trinajstić information content (AvgIpc) is 3.25. The first-order chi connectivity index (χ1) is 11.1. The summed E-state index contributed by atoms with van der Waals surface area (Å²) >= 11 is 0. The minimum Gasteiger partial charge on any atom is -0.361 e. The van der Waals surface area contributed by atoms with Gasteiger partial charge >= 0.3 is 0 Å². The standard InChI is InChI=1S/C14H16FN7O/c1-8-5-11(23-20-8)9-3-4-22(7-9)14-19-18-13(21(14)2)10-6-12(15)17-16-10/h5-6,9H,3-4,7H2,1-2H3,(H,16,17). The van der Waals surface area contributed by atoms with E-state index in [-0.39, 0.29) is 0 Å². The molecule has 4 heterocycles. The van der Waals surface area contributed by atoms with Crippen LogP contribution in [0, 0.1) is 12.9 Å². The molecule has 1 N–H and O–H groups in total. The summed E-state index contributed by atoms with van der Waals surface area (Å²) in [6.45, 7) is 3.55. The Bertz CT molecular complexity index is 836. The zero-order chi connectivity index (χ0) is 16.0. The maximum Gasteiger partial charge on any atom is 0.227 e. The SMILES string of the molecule is Cc1cc(C2CCN(c3nnc(-c4cc(F)[nH]n4)n3C)C2)on1. The van der Waals surface area contributed by atoms with Gasteiger partial charge in [-0.3, -0.25) is 9.67 Å². The second-order valence-corrected chi connectivity index (χ2v) is 5.79. The summed E-state index contributed by atoms with van der Waals surface area (Å²) in [5.74, 6) is 1.97. The monoisotopic (exact) mass is 317 g/mol. The number of nitrogens with zero attached hydrogens (tertiary/aromatic N) is 6. The molecule has 0 bridgehead atoms. The van der Waals surface area contributed by atoms with E-state index in [4.69, 9.17) is 4.52 Å². The first kappa shape index (κ1) is 13.9. The van der Waals surface area contributed by atoms with E-state index in [1.54, 1.807) is 0 Å². The van der Waals surface area contributed by atoms with Gasteiger partial charge in [-0.15, -0.1) is 10.2 Å². The van der Waals surface area contributed by atoms with Gasteiger partial charge in [-0.2, -0.15) is 9.49 Å². The lowest BCUT2D eigenvalue weighted by atomic mass is 10.1. The van der Waals surface area contributed by atoms with Crippen molar-refractivity contribution in [1.82, 2.24) is 30.1 Å². The van der Waals surface area contributed by atoms with Crippen LogP contribution in [-0.4, -0.2) is 43.2 Å². The molecule has 0 amide bonds. The number of rotatable bonds is 3. The van der Waals surface area contributed by atoms with E-state index in [0.29, 0.717) is 17.4 Å². The Kier molecular flexibility index (Phi) is 3.14. The number of hydrogen-bond donors (Lipinski definition) is 1. The van der Waals surface area contributed by atoms with E-state index in [0.717, 1.165) is 36.9 Å². The minimum atomic E-state index is -0.494. The molecule has 3 aromatic heterocycles. The molecule has 1 saturated heterocycles. The zero-order valence-corrected chi connectivity index (χ0v) is 12.8. The molecule has 1 atom stereocenters. The summed E-state index contributed by atoms with van der Waals surface area (Å²) in [6, 6.07) is 3.28. The number of aromatic nitrogens is 6. The van der Waals surface area contributed by atoms with Crippen LogP contribution < -0.4 is 4.90 Å². The highest BCUT2D eigenvalue weighted by Crippen LogP contribution is 2.31. The van der Waals surface area contributed by atoms with Gasteiger partial charge in [0.15, 0.2) is 5.82 Å². The van der Waals surface area contributed by atoms with Crippen LogP contribution in [0.3, 0.4) is 0 Å². The Morgan fingerprint density at radius 2 is 2.22 bits per heavy atom. The van der Waals surface area contributed by atoms with Crippen molar-refractivity contribution in [2.75, 3.05) is 18.0 Å². The molecule has 1 fully saturated rings. The zero-order valence-electron chi connectivity index (χ0n) is 12.8. The van der Waals surface area contributed by atoms with E-state index >= 15 is 0 Å². The molecule has 0 saturated carbocycles. The molecule has 1 unspecified atom stereocenters. The number of H-pyrrole nitrogens is 1. The Balaban J connectivity index is 1.56. The second-order valence-electron chi connectivity index (χ2n) is 5.79. The van der Waals surface area contributed by atoms with Crippen molar-refractivity contribution in [3.63, 3.8) is 0 Å². The molecule has 0 spiro atoms. The third-order valence-corrected chi connectivity index (χ3v) is 4.15. The summed E-state index contributed by atoms with van der Waals surface area (Å²) in [5, 5.41) is 18.5. The van der Waals surface area contributed by atoms with Gasteiger partial charge in [0, 0.05) is 38.2 Å². The van der Waals surface area contributed by atoms with Crippen molar-refractivity contribution >= 4 is 5.95 Å². The molecule has 9 heteroatoms. The number of halogens is 1. The summed E-state index contributed by atoms with van der Waals surface area (Å²) in [5.41, 5.74) is 1.32. The highest BCUT2D eigenvalue weighted by molar-refractivity contribution is 5.52. The predicted molar refractivity (Wildman–Crippen MR) is 79.4 cm³/mol. The van der Waals surface area contributed by atoms with Crippen LogP contribution in [0.1, 0.15) is 23.8 Å². The molecule has 120 valence electrons. The number of aryl methyl sites for hydroxylation is 1. The van der Waals surface area contributed by atoms with Crippen molar-refractivity contribution < 1.29 is 8.91 Å². The van der Waals surface area contributed by atoms with Crippen LogP contribution in [0.4, 0.5) is 10.3 Å². The molecule has 8 nitrogen and oxygen atoms in total. The Hall–Kier alpha value is -2.71. The highest BCUT2D eigenvalue weighted by atomic mass is 19.1. The van der Waals surface area contributed by atoms with Gasteiger partial charge in [0.25, 0.3) is 0 Å². The lowest BCUT2D eigenvalue weighted by Crippen LogP contribution is -2.22. The number of nitrogens with one attached hydrogen (secondary N) is 1. The third-order valence-electron chi connectivity index (χ3n) is 4.15. The van der Waals surface area contributed by atoms with Crippen molar-refractivity contribution in [3.8, 4) is 11.5 Å². The van der Waals surface area contributed by atoms with Crippen molar-refractivity contribution in [1.29, 1.82) is 0 Å². The molecule has 0 aliphatic carbocycles. The van der Waals surface area contributed by atoms with Gasteiger partial charge in [0.05, 0.1) is 5.69 Å². The van der Waals surface area contributed by atoms with Gasteiger partial charge < -0.3 is 9.42 Å². The maximum atomic E-state index is 13.1. The predicted octanol–water partition coefficient (Wildman–Crippen LogP) is 1.63. The lowest BCUT2D eigenvalue weighted by molar-refractivity contribution is 0.362. The first-order valence-corrected chi connectivity index (χ1v) is 7.40. The Morgan fingerprint density at radius 1 is 1.35 bits per heavy atom. The molecule has 1 aliphatic rings. The summed E-state index contributed by atoms with van der Waals surface area (Å²) < 4.78 is 20.3. The molecular weight excluding hydrogens is 301 g/mol. The van der Waals surface area contributed by atoms with E-state index in [2.05, 4.69) is 30.5 Å². The molecule has 4 rings (SSSR count). The summed E-state index contributed by atoms with van der Waals surface area (Å²) in [4.78, 5) is 2.14. The van der Waals surface area contributed by atoms with Crippen LogP contribution >= 0.6 is 0 Å². The van der Waals surface area contributed by atoms with Crippen LogP contribution in [0.2, 0.25) is 0 Å². The molecule has 23 heavy (non-hydrogen) atoms. The average molecular weight is 317 g/mol. The molecule has 0 aromatic carbocycles. The highest BCUT2D eigenvalue weighted by Gasteiger charge is 2.30. The van der Waals surface area contributed by atoms with E-state index in [1.807, 2.05) is 24.6 Å². The van der Waals surface area contributed by atoms with Crippen LogP contribution in [0.25, 0.3) is 11.5 Å². The number of hydrogen-bond acceptors (Lipinski definition) is 6. The van der Waals surface area contributed by atoms with Gasteiger partial charge in [-0.1, -0.05) is 5.16 Å². The van der Waals surface area contributed by atoms with E-state index < -0.39 is 5.95 Å². The van der Waals surface area contributed by atoms with Crippen LogP contribution in [0.15, 0.2) is 16.7 Å². The van der Waals surface area contributed by atoms with E-state index in [1.165, 1.54) is 6.07 Å². The lowest BCUT2D eigenvalue weighted by Gasteiger charge is -2.16. The van der Waals surface area contributed by atoms with Crippen molar-refractivity contribution in [2.45, 2.75) is 19.3 Å². The van der Waals surface area contributed by atoms with Crippen LogP contribution in [-0.2, 0) is 7.05 Å². The topological polar surface area (TPSA) is 88.7 Å². The fourth-order valence-electron chi connectivity index (χ4n) is 2.98. The van der Waals surface area contributed by atoms with E-state index in [9.17, 15) is 4.39 Å². The fraction of sp³-hybridized carbons (Fsp3) is 0.429. The van der Waals surface area contributed by atoms with Gasteiger partial charge in [-0.05, 0) is 13.3 Å². The second kappa shape index (κ2) is 5.18. The van der Waals surface area contributed by atoms with Crippen molar-refractivity contribution in [2.24, 2.45) is 7.05 Å². The van der Waals surface area contributed by atoms with Crippen molar-refractivity contribution in [3.05, 3.63) is 29.5 Å². The third kappa shape index (κ3) is 2.37. The minimum absolute atomic E-state index is 0.291. The van der Waals surface area contributed by atoms with Crippen LogP contribution in [0.5, 0.6) is 0 Å². The normalized spacial score (nSPS) is 18.0. The number of aromatic amines is 1. The maximum absolute atomic E-state index is 13.1. The summed E-state index contributed by atoms with van der Waals surface area (Å²) in [6.07, 6.45) is 0.966. The Morgan fingerprint density at radius 3 is 2.91 bits per heavy atom. The van der Waals surface area contributed by atoms with Gasteiger partial charge in [0.2, 0.25) is 11.9 Å². The van der Waals surface area contributed by atoms with Gasteiger partial charge in [-0.25, -0.2) is 0 Å². The number of anilines is 1. The summed E-state index contributed by atoms with van der Waals surface area (Å²) in [7, 11) is 1.85.